The Kier molecular flexibility index (Phi) is 3.71. The molecule has 1 aliphatic heterocycles. The van der Waals surface area contributed by atoms with E-state index in [-0.39, 0.29) is 4.90 Å². The highest BCUT2D eigenvalue weighted by molar-refractivity contribution is 7.89. The van der Waals surface area contributed by atoms with Gasteiger partial charge < -0.3 is 10.4 Å². The molecule has 0 spiro atoms. The third-order valence-electron chi connectivity index (χ3n) is 4.02. The van der Waals surface area contributed by atoms with E-state index in [1.54, 1.807) is 18.2 Å². The van der Waals surface area contributed by atoms with Crippen molar-refractivity contribution in [2.75, 3.05) is 20.1 Å². The number of aliphatic hydroxyl groups excluding tert-OH is 1. The lowest BCUT2D eigenvalue weighted by Gasteiger charge is -2.25. The predicted octanol–water partition coefficient (Wildman–Crippen LogP) is 0.793. The number of β-amino-alcohol motifs (C(OH)–C–C–N with tert-alkyl or cyclic N) is 1. The van der Waals surface area contributed by atoms with Crippen molar-refractivity contribution in [2.45, 2.75) is 17.0 Å². The fourth-order valence-corrected chi connectivity index (χ4v) is 4.11. The summed E-state index contributed by atoms with van der Waals surface area (Å²) >= 11 is 0. The van der Waals surface area contributed by atoms with Gasteiger partial charge in [0.05, 0.1) is 17.0 Å². The summed E-state index contributed by atoms with van der Waals surface area (Å²) in [6.07, 6.45) is -0.676. The number of hydrogen-bond acceptors (Lipinski definition) is 4. The smallest absolute Gasteiger partial charge is 0.243 e. The summed E-state index contributed by atoms with van der Waals surface area (Å²) in [5.74, 6) is 0. The van der Waals surface area contributed by atoms with Crippen LogP contribution < -0.4 is 5.32 Å². The van der Waals surface area contributed by atoms with Crippen LogP contribution in [0.2, 0.25) is 0 Å². The Labute approximate surface area is 124 Å². The van der Waals surface area contributed by atoms with Crippen LogP contribution in [0.25, 0.3) is 10.8 Å². The lowest BCUT2D eigenvalue weighted by Crippen LogP contribution is -2.44. The second-order valence-electron chi connectivity index (χ2n) is 5.32. The SMILES string of the molecule is CN([C@H]1CNC[C@@H]1O)S(=O)(=O)c1ccc2ccccc2c1. The highest BCUT2D eigenvalue weighted by Crippen LogP contribution is 2.23. The Bertz CT molecular complexity index is 760. The molecular weight excluding hydrogens is 288 g/mol. The summed E-state index contributed by atoms with van der Waals surface area (Å²) in [5, 5.41) is 14.8. The van der Waals surface area contributed by atoms with E-state index in [1.165, 1.54) is 11.4 Å². The van der Waals surface area contributed by atoms with Gasteiger partial charge in [0.25, 0.3) is 0 Å². The molecule has 2 aromatic carbocycles. The van der Waals surface area contributed by atoms with Crippen LogP contribution in [0.3, 0.4) is 0 Å². The molecule has 112 valence electrons. The predicted molar refractivity (Wildman–Crippen MR) is 81.6 cm³/mol. The van der Waals surface area contributed by atoms with Gasteiger partial charge in [-0.05, 0) is 22.9 Å². The Morgan fingerprint density at radius 3 is 2.52 bits per heavy atom. The van der Waals surface area contributed by atoms with Crippen LogP contribution in [0.4, 0.5) is 0 Å². The van der Waals surface area contributed by atoms with Gasteiger partial charge in [-0.25, -0.2) is 8.42 Å². The molecule has 21 heavy (non-hydrogen) atoms. The number of sulfonamides is 1. The zero-order valence-electron chi connectivity index (χ0n) is 11.7. The van der Waals surface area contributed by atoms with Gasteiger partial charge >= 0.3 is 0 Å². The fraction of sp³-hybridized carbons (Fsp3) is 0.333. The van der Waals surface area contributed by atoms with Gasteiger partial charge in [0.15, 0.2) is 0 Å². The van der Waals surface area contributed by atoms with E-state index in [2.05, 4.69) is 5.32 Å². The summed E-state index contributed by atoms with van der Waals surface area (Å²) < 4.78 is 26.7. The highest BCUT2D eigenvalue weighted by atomic mass is 32.2. The van der Waals surface area contributed by atoms with E-state index in [1.807, 2.05) is 24.3 Å². The zero-order valence-corrected chi connectivity index (χ0v) is 12.5. The van der Waals surface area contributed by atoms with Crippen LogP contribution in [-0.2, 0) is 10.0 Å². The summed E-state index contributed by atoms with van der Waals surface area (Å²) in [6.45, 7) is 0.882. The van der Waals surface area contributed by atoms with Gasteiger partial charge in [-0.15, -0.1) is 0 Å². The highest BCUT2D eigenvalue weighted by Gasteiger charge is 2.35. The zero-order chi connectivity index (χ0) is 15.0. The van der Waals surface area contributed by atoms with Crippen molar-refractivity contribution >= 4 is 20.8 Å². The van der Waals surface area contributed by atoms with E-state index >= 15 is 0 Å². The van der Waals surface area contributed by atoms with E-state index in [0.29, 0.717) is 13.1 Å². The number of nitrogens with one attached hydrogen (secondary N) is 1. The van der Waals surface area contributed by atoms with Crippen molar-refractivity contribution in [3.8, 4) is 0 Å². The van der Waals surface area contributed by atoms with Gasteiger partial charge in [-0.1, -0.05) is 30.3 Å². The van der Waals surface area contributed by atoms with Crippen LogP contribution in [0, 0.1) is 0 Å². The molecule has 0 aromatic heterocycles. The van der Waals surface area contributed by atoms with Crippen LogP contribution in [0.5, 0.6) is 0 Å². The molecule has 0 radical (unpaired) electrons. The number of benzene rings is 2. The molecule has 3 rings (SSSR count). The standard InChI is InChI=1S/C15H18N2O3S/c1-17(14-9-16-10-15(14)18)21(19,20)13-7-6-11-4-2-3-5-12(11)8-13/h2-8,14-16,18H,9-10H2,1H3/t14-,15-/m0/s1. The molecule has 1 saturated heterocycles. The minimum Gasteiger partial charge on any atom is -0.390 e. The maximum Gasteiger partial charge on any atom is 0.243 e. The van der Waals surface area contributed by atoms with Crippen LogP contribution in [-0.4, -0.2) is 50.1 Å². The van der Waals surface area contributed by atoms with Crippen molar-refractivity contribution < 1.29 is 13.5 Å². The summed E-state index contributed by atoms with van der Waals surface area (Å²) in [7, 11) is -2.09. The number of likely N-dealkylation sites (N-methyl/N-ethyl adjacent to an activating group) is 1. The van der Waals surface area contributed by atoms with Gasteiger partial charge in [0.1, 0.15) is 0 Å². The van der Waals surface area contributed by atoms with Gasteiger partial charge in [-0.2, -0.15) is 4.31 Å². The summed E-state index contributed by atoms with van der Waals surface area (Å²) in [4.78, 5) is 0.253. The van der Waals surface area contributed by atoms with Crippen LogP contribution >= 0.6 is 0 Å². The fourth-order valence-electron chi connectivity index (χ4n) is 2.69. The molecule has 1 heterocycles. The van der Waals surface area contributed by atoms with Crippen molar-refractivity contribution in [3.63, 3.8) is 0 Å². The molecule has 0 saturated carbocycles. The lowest BCUT2D eigenvalue weighted by molar-refractivity contribution is 0.136. The molecular formula is C15H18N2O3S. The molecule has 2 N–H and O–H groups in total. The van der Waals surface area contributed by atoms with Crippen molar-refractivity contribution in [3.05, 3.63) is 42.5 Å². The summed E-state index contributed by atoms with van der Waals surface area (Å²) in [6, 6.07) is 12.3. The Hall–Kier alpha value is -1.47. The number of rotatable bonds is 3. The number of nitrogens with zero attached hydrogens (tertiary/aromatic N) is 1. The molecule has 5 nitrogen and oxygen atoms in total. The van der Waals surface area contributed by atoms with Crippen molar-refractivity contribution in [1.82, 2.24) is 9.62 Å². The normalized spacial score (nSPS) is 23.0. The van der Waals surface area contributed by atoms with E-state index in [4.69, 9.17) is 0 Å². The molecule has 0 unspecified atom stereocenters. The largest absolute Gasteiger partial charge is 0.390 e. The Morgan fingerprint density at radius 1 is 1.14 bits per heavy atom. The molecule has 2 aromatic rings. The quantitative estimate of drug-likeness (QED) is 0.880. The first-order valence-electron chi connectivity index (χ1n) is 6.86. The van der Waals surface area contributed by atoms with E-state index in [9.17, 15) is 13.5 Å². The minimum atomic E-state index is -3.61. The third-order valence-corrected chi connectivity index (χ3v) is 5.89. The number of hydrogen-bond donors (Lipinski definition) is 2. The maximum absolute atomic E-state index is 12.7. The van der Waals surface area contributed by atoms with Gasteiger partial charge in [-0.3, -0.25) is 0 Å². The monoisotopic (exact) mass is 306 g/mol. The molecule has 1 fully saturated rings. The molecule has 6 heteroatoms. The van der Waals surface area contributed by atoms with E-state index < -0.39 is 22.2 Å². The number of fused-ring (bicyclic) bond motifs is 1. The first kappa shape index (κ1) is 14.5. The molecule has 1 aliphatic rings. The van der Waals surface area contributed by atoms with Gasteiger partial charge in [0.2, 0.25) is 10.0 Å². The first-order valence-corrected chi connectivity index (χ1v) is 8.30. The van der Waals surface area contributed by atoms with Crippen molar-refractivity contribution in [1.29, 1.82) is 0 Å². The lowest BCUT2D eigenvalue weighted by atomic mass is 10.1. The number of aliphatic hydroxyl groups is 1. The molecule has 2 atom stereocenters. The average Bonchev–Trinajstić information content (AvgIpc) is 2.92. The second kappa shape index (κ2) is 5.38. The topological polar surface area (TPSA) is 69.6 Å². The summed E-state index contributed by atoms with van der Waals surface area (Å²) in [5.41, 5.74) is 0. The van der Waals surface area contributed by atoms with Crippen molar-refractivity contribution in [2.24, 2.45) is 0 Å². The average molecular weight is 306 g/mol. The first-order chi connectivity index (χ1) is 10.00. The second-order valence-corrected chi connectivity index (χ2v) is 7.32. The molecule has 0 bridgehead atoms. The van der Waals surface area contributed by atoms with E-state index in [0.717, 1.165) is 10.8 Å². The molecule has 0 amide bonds. The maximum atomic E-state index is 12.7. The third kappa shape index (κ3) is 2.55. The van der Waals surface area contributed by atoms with Gasteiger partial charge in [0, 0.05) is 20.1 Å². The van der Waals surface area contributed by atoms with Crippen LogP contribution in [0.15, 0.2) is 47.4 Å². The molecule has 0 aliphatic carbocycles. The Morgan fingerprint density at radius 2 is 1.86 bits per heavy atom. The Balaban J connectivity index is 1.99. The minimum absolute atomic E-state index is 0.253. The van der Waals surface area contributed by atoms with Crippen LogP contribution in [0.1, 0.15) is 0 Å².